The summed E-state index contributed by atoms with van der Waals surface area (Å²) in [6, 6.07) is 10.2. The number of ether oxygens (including phenoxy) is 2. The Kier molecular flexibility index (Phi) is 6.20. The van der Waals surface area contributed by atoms with E-state index in [0.717, 1.165) is 10.8 Å². The molecule has 0 fully saturated rings. The number of hydrogen-bond donors (Lipinski definition) is 2. The van der Waals surface area contributed by atoms with Crippen LogP contribution >= 0.6 is 0 Å². The van der Waals surface area contributed by atoms with Gasteiger partial charge < -0.3 is 19.9 Å². The average molecular weight is 408 g/mol. The quantitative estimate of drug-likeness (QED) is 0.558. The molecule has 1 amide bonds. The summed E-state index contributed by atoms with van der Waals surface area (Å²) in [7, 11) is 1.51. The summed E-state index contributed by atoms with van der Waals surface area (Å²) in [5.74, 6) is 0.817. The van der Waals surface area contributed by atoms with Gasteiger partial charge in [-0.25, -0.2) is 9.78 Å². The van der Waals surface area contributed by atoms with Crippen molar-refractivity contribution in [3.63, 3.8) is 0 Å². The van der Waals surface area contributed by atoms with Crippen LogP contribution < -0.4 is 14.8 Å². The molecule has 7 nitrogen and oxygen atoms in total. The van der Waals surface area contributed by atoms with Gasteiger partial charge in [0.15, 0.2) is 5.78 Å². The first-order valence-corrected chi connectivity index (χ1v) is 9.61. The number of aromatic nitrogens is 1. The summed E-state index contributed by atoms with van der Waals surface area (Å²) in [4.78, 5) is 28.7. The molecule has 1 atom stereocenters. The Labute approximate surface area is 174 Å². The van der Waals surface area contributed by atoms with Crippen molar-refractivity contribution < 1.29 is 24.2 Å². The highest BCUT2D eigenvalue weighted by Gasteiger charge is 2.22. The van der Waals surface area contributed by atoms with E-state index in [1.54, 1.807) is 50.4 Å². The van der Waals surface area contributed by atoms with Crippen molar-refractivity contribution in [1.29, 1.82) is 0 Å². The Hall–Kier alpha value is -3.61. The number of ketones is 1. The van der Waals surface area contributed by atoms with Gasteiger partial charge in [-0.15, -0.1) is 0 Å². The van der Waals surface area contributed by atoms with E-state index in [2.05, 4.69) is 10.3 Å². The smallest absolute Gasteiger partial charge is 0.405 e. The van der Waals surface area contributed by atoms with E-state index in [4.69, 9.17) is 14.6 Å². The fraction of sp³-hybridized carbons (Fsp3) is 0.261. The number of benzene rings is 2. The standard InChI is InChI=1S/C23H24N2O5/c1-5-30-22-19-8-6-7-18(17(19)11-12-24-22)20(26)15-9-10-16(14(3)25-23(27)28)21(29-4)13(15)2/h6-12,14,25H,5H2,1-4H3,(H,27,28). The molecule has 2 aromatic carbocycles. The van der Waals surface area contributed by atoms with Gasteiger partial charge in [-0.3, -0.25) is 4.79 Å². The van der Waals surface area contributed by atoms with Crippen LogP contribution in [0.5, 0.6) is 11.6 Å². The van der Waals surface area contributed by atoms with Crippen LogP contribution in [0.1, 0.15) is 46.9 Å². The number of carbonyl (C=O) groups excluding carboxylic acids is 1. The Morgan fingerprint density at radius 3 is 2.57 bits per heavy atom. The Bertz CT molecular complexity index is 1110. The summed E-state index contributed by atoms with van der Waals surface area (Å²) in [6.07, 6.45) is 0.497. The summed E-state index contributed by atoms with van der Waals surface area (Å²) in [5.41, 5.74) is 2.33. The van der Waals surface area contributed by atoms with Crippen LogP contribution in [0.2, 0.25) is 0 Å². The molecule has 2 N–H and O–H groups in total. The third-order valence-electron chi connectivity index (χ3n) is 4.99. The zero-order valence-electron chi connectivity index (χ0n) is 17.4. The predicted molar refractivity (Wildman–Crippen MR) is 114 cm³/mol. The molecule has 156 valence electrons. The van der Waals surface area contributed by atoms with Crippen LogP contribution in [0, 0.1) is 6.92 Å². The number of hydrogen-bond acceptors (Lipinski definition) is 5. The summed E-state index contributed by atoms with van der Waals surface area (Å²) < 4.78 is 11.1. The van der Waals surface area contributed by atoms with E-state index in [1.165, 1.54) is 7.11 Å². The SMILES string of the molecule is CCOc1nccc2c(C(=O)c3ccc(C(C)NC(=O)O)c(OC)c3C)cccc12. The number of nitrogens with zero attached hydrogens (tertiary/aromatic N) is 1. The second-order valence-corrected chi connectivity index (χ2v) is 6.81. The maximum Gasteiger partial charge on any atom is 0.405 e. The monoisotopic (exact) mass is 408 g/mol. The molecule has 7 heteroatoms. The normalized spacial score (nSPS) is 11.7. The third kappa shape index (κ3) is 3.91. The zero-order chi connectivity index (χ0) is 21.8. The van der Waals surface area contributed by atoms with Crippen LogP contribution in [0.15, 0.2) is 42.6 Å². The fourth-order valence-corrected chi connectivity index (χ4v) is 3.61. The van der Waals surface area contributed by atoms with Crippen molar-refractivity contribution in [1.82, 2.24) is 10.3 Å². The van der Waals surface area contributed by atoms with Crippen LogP contribution in [-0.2, 0) is 0 Å². The molecule has 1 heterocycles. The topological polar surface area (TPSA) is 97.8 Å². The van der Waals surface area contributed by atoms with Crippen molar-refractivity contribution in [3.8, 4) is 11.6 Å². The molecule has 0 saturated heterocycles. The van der Waals surface area contributed by atoms with Crippen molar-refractivity contribution in [2.45, 2.75) is 26.8 Å². The van der Waals surface area contributed by atoms with Gasteiger partial charge in [-0.05, 0) is 38.3 Å². The molecular weight excluding hydrogens is 384 g/mol. The third-order valence-corrected chi connectivity index (χ3v) is 4.99. The first-order chi connectivity index (χ1) is 14.4. The Morgan fingerprint density at radius 1 is 1.13 bits per heavy atom. The maximum absolute atomic E-state index is 13.5. The number of carboxylic acid groups (broad SMARTS) is 1. The van der Waals surface area contributed by atoms with Gasteiger partial charge in [0.2, 0.25) is 5.88 Å². The second-order valence-electron chi connectivity index (χ2n) is 6.81. The summed E-state index contributed by atoms with van der Waals surface area (Å²) >= 11 is 0. The lowest BCUT2D eigenvalue weighted by atomic mass is 9.92. The van der Waals surface area contributed by atoms with Crippen LogP contribution in [0.3, 0.4) is 0 Å². The van der Waals surface area contributed by atoms with Gasteiger partial charge >= 0.3 is 6.09 Å². The molecule has 0 aliphatic rings. The van der Waals surface area contributed by atoms with Gasteiger partial charge in [0.25, 0.3) is 0 Å². The van der Waals surface area contributed by atoms with Crippen LogP contribution in [0.25, 0.3) is 10.8 Å². The molecule has 3 rings (SSSR count). The molecule has 0 aliphatic carbocycles. The van der Waals surface area contributed by atoms with E-state index in [0.29, 0.717) is 40.5 Å². The van der Waals surface area contributed by atoms with Crippen molar-refractivity contribution >= 4 is 22.6 Å². The minimum Gasteiger partial charge on any atom is -0.496 e. The predicted octanol–water partition coefficient (Wildman–Crippen LogP) is 4.51. The maximum atomic E-state index is 13.5. The fourth-order valence-electron chi connectivity index (χ4n) is 3.61. The lowest BCUT2D eigenvalue weighted by Crippen LogP contribution is -2.25. The highest BCUT2D eigenvalue weighted by atomic mass is 16.5. The van der Waals surface area contributed by atoms with E-state index in [9.17, 15) is 9.59 Å². The number of nitrogens with one attached hydrogen (secondary N) is 1. The number of amides is 1. The highest BCUT2D eigenvalue weighted by Crippen LogP contribution is 2.34. The average Bonchev–Trinajstić information content (AvgIpc) is 2.72. The van der Waals surface area contributed by atoms with E-state index in [1.807, 2.05) is 13.0 Å². The molecule has 0 spiro atoms. The molecular formula is C23H24N2O5. The lowest BCUT2D eigenvalue weighted by Gasteiger charge is -2.19. The van der Waals surface area contributed by atoms with E-state index >= 15 is 0 Å². The molecule has 30 heavy (non-hydrogen) atoms. The van der Waals surface area contributed by atoms with E-state index < -0.39 is 12.1 Å². The number of rotatable bonds is 7. The van der Waals surface area contributed by atoms with Crippen molar-refractivity contribution in [3.05, 3.63) is 64.8 Å². The molecule has 1 aromatic heterocycles. The lowest BCUT2D eigenvalue weighted by molar-refractivity contribution is 0.103. The largest absolute Gasteiger partial charge is 0.496 e. The highest BCUT2D eigenvalue weighted by molar-refractivity contribution is 6.17. The summed E-state index contributed by atoms with van der Waals surface area (Å²) in [5, 5.41) is 12.9. The molecule has 1 unspecified atom stereocenters. The Balaban J connectivity index is 2.10. The van der Waals surface area contributed by atoms with Gasteiger partial charge in [-0.2, -0.15) is 0 Å². The minimum absolute atomic E-state index is 0.157. The first-order valence-electron chi connectivity index (χ1n) is 9.61. The van der Waals surface area contributed by atoms with Crippen LogP contribution in [0.4, 0.5) is 4.79 Å². The van der Waals surface area contributed by atoms with Crippen molar-refractivity contribution in [2.75, 3.05) is 13.7 Å². The zero-order valence-corrected chi connectivity index (χ0v) is 17.4. The van der Waals surface area contributed by atoms with Gasteiger partial charge in [-0.1, -0.05) is 24.3 Å². The van der Waals surface area contributed by atoms with Crippen molar-refractivity contribution in [2.24, 2.45) is 0 Å². The molecule has 0 aliphatic heterocycles. The van der Waals surface area contributed by atoms with Gasteiger partial charge in [0.1, 0.15) is 5.75 Å². The van der Waals surface area contributed by atoms with Gasteiger partial charge in [0, 0.05) is 33.8 Å². The number of carbonyl (C=O) groups is 2. The van der Waals surface area contributed by atoms with E-state index in [-0.39, 0.29) is 5.78 Å². The van der Waals surface area contributed by atoms with Gasteiger partial charge in [0.05, 0.1) is 19.8 Å². The Morgan fingerprint density at radius 2 is 1.90 bits per heavy atom. The summed E-state index contributed by atoms with van der Waals surface area (Å²) in [6.45, 7) is 5.87. The number of methoxy groups -OCH3 is 1. The number of fused-ring (bicyclic) bond motifs is 1. The second kappa shape index (κ2) is 8.82. The molecule has 0 bridgehead atoms. The molecule has 0 radical (unpaired) electrons. The van der Waals surface area contributed by atoms with Crippen LogP contribution in [-0.4, -0.2) is 35.7 Å². The molecule has 3 aromatic rings. The molecule has 0 saturated carbocycles. The first kappa shape index (κ1) is 21.1. The minimum atomic E-state index is -1.13. The number of pyridine rings is 1.